The molecule has 2 unspecified atom stereocenters. The smallest absolute Gasteiger partial charge is 0.338 e. The number of hydrogen-bond donors (Lipinski definition) is 1. The second kappa shape index (κ2) is 7.27. The Morgan fingerprint density at radius 2 is 2.28 bits per heavy atom. The van der Waals surface area contributed by atoms with E-state index in [9.17, 15) is 9.90 Å². The van der Waals surface area contributed by atoms with E-state index in [0.717, 1.165) is 22.8 Å². The highest BCUT2D eigenvalue weighted by Crippen LogP contribution is 2.40. The van der Waals surface area contributed by atoms with Gasteiger partial charge in [-0.05, 0) is 18.9 Å². The summed E-state index contributed by atoms with van der Waals surface area (Å²) in [6.07, 6.45) is 3.31. The van der Waals surface area contributed by atoms with E-state index in [1.165, 1.54) is 4.88 Å². The van der Waals surface area contributed by atoms with Crippen molar-refractivity contribution < 1.29 is 19.4 Å². The van der Waals surface area contributed by atoms with Crippen molar-refractivity contribution in [3.8, 4) is 0 Å². The molecule has 0 fully saturated rings. The molecule has 0 radical (unpaired) electrons. The third-order valence-electron chi connectivity index (χ3n) is 4.48. The number of methoxy groups -OCH3 is 1. The van der Waals surface area contributed by atoms with Crippen LogP contribution in [0.5, 0.6) is 0 Å². The summed E-state index contributed by atoms with van der Waals surface area (Å²) >= 11 is 1.66. The molecule has 25 heavy (non-hydrogen) atoms. The lowest BCUT2D eigenvalue weighted by Gasteiger charge is -2.41. The molecular weight excluding hydrogens is 340 g/mol. The van der Waals surface area contributed by atoms with Crippen LogP contribution >= 0.6 is 11.3 Å². The van der Waals surface area contributed by atoms with Gasteiger partial charge in [0.05, 0.1) is 24.5 Å². The van der Waals surface area contributed by atoms with E-state index in [4.69, 9.17) is 9.47 Å². The number of aromatic nitrogens is 1. The maximum atomic E-state index is 12.2. The number of fused-ring (bicyclic) bond motifs is 3. The molecule has 2 atom stereocenters. The molecule has 136 valence electrons. The monoisotopic (exact) mass is 364 g/mol. The zero-order valence-corrected chi connectivity index (χ0v) is 15.8. The third-order valence-corrected chi connectivity index (χ3v) is 5.53. The zero-order valence-electron chi connectivity index (χ0n) is 15.0. The van der Waals surface area contributed by atoms with E-state index in [-0.39, 0.29) is 18.2 Å². The highest BCUT2D eigenvalue weighted by Gasteiger charge is 2.37. The average Bonchev–Trinajstić information content (AvgIpc) is 2.96. The lowest BCUT2D eigenvalue weighted by molar-refractivity contribution is -0.139. The second-order valence-electron chi connectivity index (χ2n) is 6.54. The number of carbonyl (C=O) groups excluding carboxylic acids is 1. The lowest BCUT2D eigenvalue weighted by atomic mass is 9.90. The van der Waals surface area contributed by atoms with E-state index >= 15 is 0 Å². The minimum Gasteiger partial charge on any atom is -0.463 e. The van der Waals surface area contributed by atoms with Crippen molar-refractivity contribution in [3.63, 3.8) is 0 Å². The number of nitrogens with zero attached hydrogens (tertiary/aromatic N) is 2. The maximum absolute atomic E-state index is 12.2. The molecular formula is C18H24N2O4S. The van der Waals surface area contributed by atoms with Crippen molar-refractivity contribution in [2.45, 2.75) is 45.9 Å². The summed E-state index contributed by atoms with van der Waals surface area (Å²) in [6, 6.07) is 0.200. The number of aliphatic hydroxyl groups is 1. The van der Waals surface area contributed by atoms with Crippen LogP contribution in [-0.4, -0.2) is 46.8 Å². The van der Waals surface area contributed by atoms with Crippen LogP contribution in [0.15, 0.2) is 17.8 Å². The number of thiazole rings is 1. The highest BCUT2D eigenvalue weighted by atomic mass is 32.1. The summed E-state index contributed by atoms with van der Waals surface area (Å²) in [5.74, 6) is -0.101. The van der Waals surface area contributed by atoms with E-state index in [1.54, 1.807) is 37.6 Å². The van der Waals surface area contributed by atoms with Crippen molar-refractivity contribution in [3.05, 3.63) is 33.4 Å². The minimum atomic E-state index is -0.989. The maximum Gasteiger partial charge on any atom is 0.338 e. The molecule has 1 aromatic heterocycles. The van der Waals surface area contributed by atoms with E-state index in [1.807, 2.05) is 0 Å². The normalized spacial score (nSPS) is 22.2. The predicted octanol–water partition coefficient (Wildman–Crippen LogP) is 2.33. The van der Waals surface area contributed by atoms with E-state index in [2.05, 4.69) is 23.7 Å². The molecule has 0 saturated carbocycles. The molecule has 0 bridgehead atoms. The van der Waals surface area contributed by atoms with Crippen molar-refractivity contribution in [2.75, 3.05) is 13.7 Å². The van der Waals surface area contributed by atoms with Gasteiger partial charge in [-0.15, -0.1) is 11.3 Å². The Morgan fingerprint density at radius 1 is 1.52 bits per heavy atom. The molecule has 1 aromatic rings. The first-order chi connectivity index (χ1) is 12.0. The molecule has 6 nitrogen and oxygen atoms in total. The predicted molar refractivity (Wildman–Crippen MR) is 95.7 cm³/mol. The van der Waals surface area contributed by atoms with Crippen LogP contribution in [0.4, 0.5) is 0 Å². The SMILES string of the molecule is CCOC(=O)C1=CN2C(=CC1O)c1nc(COC)sc1CC2C(C)C. The van der Waals surface area contributed by atoms with Crippen LogP contribution in [0.25, 0.3) is 5.70 Å². The Kier molecular flexibility index (Phi) is 5.27. The number of carbonyl (C=O) groups is 1. The highest BCUT2D eigenvalue weighted by molar-refractivity contribution is 7.11. The number of aliphatic hydroxyl groups excluding tert-OH is 1. The largest absolute Gasteiger partial charge is 0.463 e. The average molecular weight is 364 g/mol. The summed E-state index contributed by atoms with van der Waals surface area (Å²) < 4.78 is 10.3. The Hall–Kier alpha value is -1.70. The molecule has 0 amide bonds. The Morgan fingerprint density at radius 3 is 2.92 bits per heavy atom. The lowest BCUT2D eigenvalue weighted by Crippen LogP contribution is -2.42. The summed E-state index contributed by atoms with van der Waals surface area (Å²) in [7, 11) is 1.65. The standard InChI is InChI=1S/C18H24N2O4S/c1-5-24-18(22)11-8-20-12(10(2)3)7-15-17(13(20)6-14(11)21)19-16(25-15)9-23-4/h6,8,10,12,14,21H,5,7,9H2,1-4H3. The van der Waals surface area contributed by atoms with E-state index < -0.39 is 12.1 Å². The molecule has 2 aliphatic heterocycles. The summed E-state index contributed by atoms with van der Waals surface area (Å²) in [5.41, 5.74) is 2.01. The van der Waals surface area contributed by atoms with Gasteiger partial charge in [0.1, 0.15) is 16.8 Å². The van der Waals surface area contributed by atoms with Gasteiger partial charge in [-0.1, -0.05) is 13.8 Å². The van der Waals surface area contributed by atoms with Gasteiger partial charge in [-0.25, -0.2) is 9.78 Å². The Labute approximate surface area is 151 Å². The molecule has 2 aliphatic rings. The van der Waals surface area contributed by atoms with Gasteiger partial charge in [-0.2, -0.15) is 0 Å². The first-order valence-electron chi connectivity index (χ1n) is 8.51. The number of esters is 1. The Balaban J connectivity index is 2.02. The van der Waals surface area contributed by atoms with Gasteiger partial charge in [0, 0.05) is 30.6 Å². The van der Waals surface area contributed by atoms with Gasteiger partial charge >= 0.3 is 5.97 Å². The molecule has 0 spiro atoms. The molecule has 7 heteroatoms. The fraction of sp³-hybridized carbons (Fsp3) is 0.556. The van der Waals surface area contributed by atoms with Gasteiger partial charge in [0.2, 0.25) is 0 Å². The molecule has 0 aromatic carbocycles. The fourth-order valence-electron chi connectivity index (χ4n) is 3.25. The van der Waals surface area contributed by atoms with E-state index in [0.29, 0.717) is 12.5 Å². The summed E-state index contributed by atoms with van der Waals surface area (Å²) in [4.78, 5) is 20.1. The molecule has 3 rings (SSSR count). The van der Waals surface area contributed by atoms with Gasteiger partial charge in [0.15, 0.2) is 0 Å². The van der Waals surface area contributed by atoms with Gasteiger partial charge in [-0.3, -0.25) is 0 Å². The van der Waals surface area contributed by atoms with Crippen LogP contribution in [0.1, 0.15) is 36.3 Å². The van der Waals surface area contributed by atoms with Crippen molar-refractivity contribution in [2.24, 2.45) is 5.92 Å². The fourth-order valence-corrected chi connectivity index (χ4v) is 4.35. The van der Waals surface area contributed by atoms with Crippen LogP contribution in [0.3, 0.4) is 0 Å². The zero-order chi connectivity index (χ0) is 18.1. The minimum absolute atomic E-state index is 0.200. The molecule has 0 saturated heterocycles. The number of hydrogen-bond acceptors (Lipinski definition) is 7. The Bertz CT molecular complexity index is 723. The molecule has 1 N–H and O–H groups in total. The van der Waals surface area contributed by atoms with Crippen molar-refractivity contribution in [1.29, 1.82) is 0 Å². The van der Waals surface area contributed by atoms with Crippen molar-refractivity contribution in [1.82, 2.24) is 9.88 Å². The van der Waals surface area contributed by atoms with Gasteiger partial charge in [0.25, 0.3) is 0 Å². The van der Waals surface area contributed by atoms with Gasteiger partial charge < -0.3 is 19.5 Å². The second-order valence-corrected chi connectivity index (χ2v) is 7.70. The topological polar surface area (TPSA) is 71.9 Å². The first-order valence-corrected chi connectivity index (χ1v) is 9.32. The third kappa shape index (κ3) is 3.36. The van der Waals surface area contributed by atoms with Crippen LogP contribution < -0.4 is 0 Å². The summed E-state index contributed by atoms with van der Waals surface area (Å²) in [6.45, 7) is 6.83. The first kappa shape index (κ1) is 18.1. The van der Waals surface area contributed by atoms with Crippen LogP contribution in [-0.2, 0) is 27.3 Å². The van der Waals surface area contributed by atoms with Crippen molar-refractivity contribution >= 4 is 23.0 Å². The summed E-state index contributed by atoms with van der Waals surface area (Å²) in [5, 5.41) is 11.4. The molecule has 3 heterocycles. The van der Waals surface area contributed by atoms with Crippen LogP contribution in [0.2, 0.25) is 0 Å². The quantitative estimate of drug-likeness (QED) is 0.809. The number of ether oxygens (including phenoxy) is 2. The number of rotatable bonds is 5. The molecule has 0 aliphatic carbocycles. The van der Waals surface area contributed by atoms with Crippen LogP contribution in [0, 0.1) is 5.92 Å².